The number of fused-ring (bicyclic) bond motifs is 1. The molecule has 0 saturated carbocycles. The quantitative estimate of drug-likeness (QED) is 0.321. The van der Waals surface area contributed by atoms with Crippen molar-refractivity contribution in [1.29, 1.82) is 0 Å². The predicted molar refractivity (Wildman–Crippen MR) is 185 cm³/mol. The Morgan fingerprint density at radius 1 is 0.979 bits per heavy atom. The molecular weight excluding hydrogens is 655 g/mol. The van der Waals surface area contributed by atoms with E-state index in [4.69, 9.17) is 9.47 Å². The van der Waals surface area contributed by atoms with Crippen LogP contribution in [0.25, 0.3) is 0 Å². The lowest BCUT2D eigenvalue weighted by molar-refractivity contribution is -0.00833. The maximum Gasteiger partial charge on any atom is 0.261 e. The Labute approximate surface area is 285 Å². The van der Waals surface area contributed by atoms with Crippen LogP contribution >= 0.6 is 0 Å². The fraction of sp³-hybridized carbons (Fsp3) is 0.457. The van der Waals surface area contributed by atoms with E-state index in [1.54, 1.807) is 61.5 Å². The molecule has 0 unspecified atom stereocenters. The highest BCUT2D eigenvalue weighted by atomic mass is 32.2. The number of nitrogens with one attached hydrogen (secondary N) is 1. The second-order valence-corrected chi connectivity index (χ2v) is 16.3. The molecule has 1 heterocycles. The Hall–Kier alpha value is -3.49. The topological polar surface area (TPSA) is 143 Å². The van der Waals surface area contributed by atoms with Gasteiger partial charge in [-0.1, -0.05) is 42.8 Å². The number of hydrogen-bond acceptors (Lipinski definition) is 8. The minimum Gasteiger partial charge on any atom is -0.490 e. The van der Waals surface area contributed by atoms with Crippen LogP contribution in [0.2, 0.25) is 0 Å². The SMILES string of the molecule is Cc1ccc(S(=O)(=O)Nc2ccc3c(c2)C(=O)N([C@@H](C)CO)C[C@@H](C)[C@H](CN(C)S(=O)(=O)c2ccccc2)OCCCC[C@H](C)O3)cc1. The maximum atomic E-state index is 14.4. The van der Waals surface area contributed by atoms with Gasteiger partial charge < -0.3 is 19.5 Å². The Bertz CT molecular complexity index is 1740. The number of ether oxygens (including phenoxy) is 2. The van der Waals surface area contributed by atoms with Crippen molar-refractivity contribution in [2.24, 2.45) is 5.92 Å². The second-order valence-electron chi connectivity index (χ2n) is 12.5. The van der Waals surface area contributed by atoms with Crippen molar-refractivity contribution < 1.29 is 36.2 Å². The second kappa shape index (κ2) is 16.3. The molecule has 4 atom stereocenters. The zero-order valence-electron chi connectivity index (χ0n) is 28.2. The van der Waals surface area contributed by atoms with Gasteiger partial charge in [-0.05, 0) is 82.5 Å². The van der Waals surface area contributed by atoms with Crippen molar-refractivity contribution in [3.8, 4) is 5.75 Å². The van der Waals surface area contributed by atoms with Crippen molar-refractivity contribution in [3.05, 3.63) is 83.9 Å². The molecule has 0 bridgehead atoms. The van der Waals surface area contributed by atoms with Crippen LogP contribution in [0.3, 0.4) is 0 Å². The van der Waals surface area contributed by atoms with Crippen LogP contribution in [0.1, 0.15) is 56.0 Å². The van der Waals surface area contributed by atoms with E-state index in [0.717, 1.165) is 12.0 Å². The van der Waals surface area contributed by atoms with Gasteiger partial charge in [0.15, 0.2) is 0 Å². The fourth-order valence-corrected chi connectivity index (χ4v) is 7.76. The monoisotopic (exact) mass is 701 g/mol. The van der Waals surface area contributed by atoms with Crippen LogP contribution < -0.4 is 9.46 Å². The average Bonchev–Trinajstić information content (AvgIpc) is 3.06. The molecule has 0 fully saturated rings. The number of sulfonamides is 2. The summed E-state index contributed by atoms with van der Waals surface area (Å²) in [5.41, 5.74) is 1.23. The van der Waals surface area contributed by atoms with Gasteiger partial charge >= 0.3 is 0 Å². The lowest BCUT2D eigenvalue weighted by atomic mass is 10.0. The summed E-state index contributed by atoms with van der Waals surface area (Å²) in [5, 5.41) is 10.2. The number of hydrogen-bond donors (Lipinski definition) is 2. The number of benzene rings is 3. The number of carbonyl (C=O) groups excluding carboxylic acids is 1. The van der Waals surface area contributed by atoms with Crippen LogP contribution in [-0.2, 0) is 24.8 Å². The molecule has 0 radical (unpaired) electrons. The van der Waals surface area contributed by atoms with Crippen LogP contribution in [0.4, 0.5) is 5.69 Å². The summed E-state index contributed by atoms with van der Waals surface area (Å²) in [7, 11) is -6.24. The molecule has 4 rings (SSSR count). The minimum absolute atomic E-state index is 0.0506. The van der Waals surface area contributed by atoms with E-state index in [1.165, 1.54) is 34.5 Å². The molecule has 0 saturated heterocycles. The van der Waals surface area contributed by atoms with Crippen molar-refractivity contribution in [2.45, 2.75) is 75.0 Å². The third kappa shape index (κ3) is 9.35. The molecule has 1 amide bonds. The van der Waals surface area contributed by atoms with Gasteiger partial charge in [-0.3, -0.25) is 9.52 Å². The number of aliphatic hydroxyl groups excluding tert-OH is 1. The van der Waals surface area contributed by atoms with Gasteiger partial charge in [0, 0.05) is 38.3 Å². The molecule has 1 aliphatic rings. The first-order valence-corrected chi connectivity index (χ1v) is 19.1. The smallest absolute Gasteiger partial charge is 0.261 e. The number of aliphatic hydroxyl groups is 1. The average molecular weight is 702 g/mol. The predicted octanol–water partition coefficient (Wildman–Crippen LogP) is 4.91. The first kappa shape index (κ1) is 37.3. The van der Waals surface area contributed by atoms with E-state index in [-0.39, 0.29) is 52.8 Å². The van der Waals surface area contributed by atoms with Gasteiger partial charge in [-0.2, -0.15) is 4.31 Å². The molecule has 1 aliphatic heterocycles. The molecule has 3 aromatic carbocycles. The maximum absolute atomic E-state index is 14.4. The van der Waals surface area contributed by atoms with Gasteiger partial charge in [0.2, 0.25) is 10.0 Å². The summed E-state index contributed by atoms with van der Waals surface area (Å²) < 4.78 is 69.5. The van der Waals surface area contributed by atoms with E-state index in [1.807, 2.05) is 20.8 Å². The number of likely N-dealkylation sites (N-methyl/N-ethyl adjacent to an activating group) is 1. The number of amides is 1. The number of carbonyl (C=O) groups is 1. The summed E-state index contributed by atoms with van der Waals surface area (Å²) in [6, 6.07) is 18.6. The van der Waals surface area contributed by atoms with Crippen LogP contribution in [0, 0.1) is 12.8 Å². The summed E-state index contributed by atoms with van der Waals surface area (Å²) in [5.74, 6) is -0.527. The summed E-state index contributed by atoms with van der Waals surface area (Å²) in [4.78, 5) is 16.1. The van der Waals surface area contributed by atoms with E-state index in [0.29, 0.717) is 25.2 Å². The van der Waals surface area contributed by atoms with Gasteiger partial charge in [0.05, 0.1) is 40.2 Å². The highest BCUT2D eigenvalue weighted by Crippen LogP contribution is 2.30. The Balaban J connectivity index is 1.68. The molecule has 11 nitrogen and oxygen atoms in total. The van der Waals surface area contributed by atoms with Crippen LogP contribution in [-0.4, -0.2) is 88.7 Å². The molecular formula is C35H47N3O8S2. The third-order valence-electron chi connectivity index (χ3n) is 8.52. The van der Waals surface area contributed by atoms with Crippen molar-refractivity contribution in [3.63, 3.8) is 0 Å². The number of rotatable bonds is 9. The van der Waals surface area contributed by atoms with E-state index < -0.39 is 38.1 Å². The Kier molecular flexibility index (Phi) is 12.7. The summed E-state index contributed by atoms with van der Waals surface area (Å²) >= 11 is 0. The lowest BCUT2D eigenvalue weighted by Gasteiger charge is -2.35. The van der Waals surface area contributed by atoms with E-state index in [9.17, 15) is 26.7 Å². The Morgan fingerprint density at radius 3 is 2.33 bits per heavy atom. The summed E-state index contributed by atoms with van der Waals surface area (Å²) in [6.45, 7) is 7.59. The summed E-state index contributed by atoms with van der Waals surface area (Å²) in [6.07, 6.45) is 1.31. The largest absolute Gasteiger partial charge is 0.490 e. The van der Waals surface area contributed by atoms with E-state index in [2.05, 4.69) is 4.72 Å². The number of nitrogens with zero attached hydrogens (tertiary/aromatic N) is 2. The van der Waals surface area contributed by atoms with Gasteiger partial charge in [0.1, 0.15) is 5.75 Å². The van der Waals surface area contributed by atoms with Gasteiger partial charge in [-0.15, -0.1) is 0 Å². The van der Waals surface area contributed by atoms with Crippen LogP contribution in [0.5, 0.6) is 5.75 Å². The molecule has 0 aromatic heterocycles. The molecule has 262 valence electrons. The third-order valence-corrected chi connectivity index (χ3v) is 11.8. The first-order valence-electron chi connectivity index (χ1n) is 16.2. The van der Waals surface area contributed by atoms with E-state index >= 15 is 0 Å². The number of anilines is 1. The van der Waals surface area contributed by atoms with Gasteiger partial charge in [-0.25, -0.2) is 16.8 Å². The highest BCUT2D eigenvalue weighted by molar-refractivity contribution is 7.92. The fourth-order valence-electron chi connectivity index (χ4n) is 5.50. The molecule has 0 spiro atoms. The zero-order valence-corrected chi connectivity index (χ0v) is 29.8. The normalized spacial score (nSPS) is 20.8. The molecule has 0 aliphatic carbocycles. The highest BCUT2D eigenvalue weighted by Gasteiger charge is 2.32. The van der Waals surface area contributed by atoms with Crippen molar-refractivity contribution >= 4 is 31.6 Å². The van der Waals surface area contributed by atoms with Crippen molar-refractivity contribution in [2.75, 3.05) is 38.1 Å². The molecule has 2 N–H and O–H groups in total. The zero-order chi connectivity index (χ0) is 35.1. The standard InChI is InChI=1S/C35H47N3O8S2/c1-25-14-17-30(18-15-25)47(41,42)36-29-16-19-33-32(21-29)35(40)38(27(3)24-39)22-26(2)34(45-20-10-9-11-28(4)46-33)23-37(5)48(43,44)31-12-7-6-8-13-31/h6-8,12-19,21,26-28,34,36,39H,9-11,20,22-24H2,1-5H3/t26-,27+,28+,34+/m1/s1. The minimum atomic E-state index is -3.95. The van der Waals surface area contributed by atoms with Crippen molar-refractivity contribution in [1.82, 2.24) is 9.21 Å². The Morgan fingerprint density at radius 2 is 1.67 bits per heavy atom. The molecule has 48 heavy (non-hydrogen) atoms. The lowest BCUT2D eigenvalue weighted by Crippen LogP contribution is -2.48. The van der Waals surface area contributed by atoms with Gasteiger partial charge in [0.25, 0.3) is 15.9 Å². The number of aryl methyl sites for hydroxylation is 1. The molecule has 13 heteroatoms. The van der Waals surface area contributed by atoms with Crippen LogP contribution in [0.15, 0.2) is 82.6 Å². The molecule has 3 aromatic rings. The first-order chi connectivity index (χ1) is 22.7.